The van der Waals surface area contributed by atoms with E-state index in [1.165, 1.54) is 36.4 Å². The van der Waals surface area contributed by atoms with Crippen molar-refractivity contribution in [3.8, 4) is 11.5 Å². The van der Waals surface area contributed by atoms with Crippen LogP contribution in [-0.4, -0.2) is 35.1 Å². The van der Waals surface area contributed by atoms with Crippen molar-refractivity contribution in [1.82, 2.24) is 4.90 Å². The summed E-state index contributed by atoms with van der Waals surface area (Å²) < 4.78 is 38.2. The molecule has 0 bridgehead atoms. The number of ether oxygens (including phenoxy) is 2. The summed E-state index contributed by atoms with van der Waals surface area (Å²) in [4.78, 5) is 38.5. The van der Waals surface area contributed by atoms with Crippen molar-refractivity contribution in [1.29, 1.82) is 0 Å². The number of anilines is 1. The molecule has 10 heteroatoms. The predicted octanol–water partition coefficient (Wildman–Crippen LogP) is 5.62. The highest BCUT2D eigenvalue weighted by molar-refractivity contribution is 8.18. The van der Waals surface area contributed by atoms with Crippen LogP contribution < -0.4 is 14.8 Å². The van der Waals surface area contributed by atoms with Crippen molar-refractivity contribution in [3.05, 3.63) is 94.4 Å². The molecular formula is C27H22F2N2O5S. The minimum atomic E-state index is -0.632. The molecule has 1 N–H and O–H groups in total. The number of carbonyl (C=O) groups excluding carboxylic acids is 3. The van der Waals surface area contributed by atoms with Crippen LogP contribution >= 0.6 is 11.8 Å². The van der Waals surface area contributed by atoms with Gasteiger partial charge in [0, 0.05) is 5.69 Å². The third kappa shape index (κ3) is 6.73. The summed E-state index contributed by atoms with van der Waals surface area (Å²) in [5.74, 6) is -1.28. The van der Waals surface area contributed by atoms with Gasteiger partial charge < -0.3 is 14.8 Å². The molecule has 7 nitrogen and oxygen atoms in total. The molecule has 1 fully saturated rings. The van der Waals surface area contributed by atoms with E-state index in [4.69, 9.17) is 9.47 Å². The van der Waals surface area contributed by atoms with Gasteiger partial charge in [0.1, 0.15) is 24.8 Å². The first-order valence-electron chi connectivity index (χ1n) is 11.3. The number of halogens is 2. The second-order valence-electron chi connectivity index (χ2n) is 7.88. The fourth-order valence-corrected chi connectivity index (χ4v) is 4.33. The van der Waals surface area contributed by atoms with Crippen molar-refractivity contribution in [2.45, 2.75) is 13.5 Å². The number of amides is 3. The Bertz CT molecular complexity index is 1380. The average molecular weight is 525 g/mol. The first-order valence-corrected chi connectivity index (χ1v) is 12.1. The van der Waals surface area contributed by atoms with E-state index in [2.05, 4.69) is 5.32 Å². The lowest BCUT2D eigenvalue weighted by molar-refractivity contribution is -0.127. The lowest BCUT2D eigenvalue weighted by Gasteiger charge is -2.13. The number of hydrogen-bond acceptors (Lipinski definition) is 6. The van der Waals surface area contributed by atoms with Gasteiger partial charge in [-0.3, -0.25) is 19.3 Å². The second-order valence-corrected chi connectivity index (χ2v) is 8.88. The monoisotopic (exact) mass is 524 g/mol. The number of hydrogen-bond donors (Lipinski definition) is 1. The van der Waals surface area contributed by atoms with E-state index < -0.39 is 29.4 Å². The zero-order valence-electron chi connectivity index (χ0n) is 19.7. The standard InChI is InChI=1S/C27H22F2N2O5S/c1-2-35-23-12-17(9-10-22(23)36-16-18-5-3-6-19(28)11-18)13-24-26(33)31(27(34)37-24)15-25(32)30-21-8-4-7-20(29)14-21/h3-14H,2,15-16H2,1H3,(H,30,32)/b24-13+. The van der Waals surface area contributed by atoms with Crippen LogP contribution in [0.25, 0.3) is 6.08 Å². The first-order chi connectivity index (χ1) is 17.8. The van der Waals surface area contributed by atoms with Gasteiger partial charge in [-0.15, -0.1) is 0 Å². The molecule has 1 aliphatic heterocycles. The van der Waals surface area contributed by atoms with E-state index in [-0.39, 0.29) is 23.0 Å². The average Bonchev–Trinajstić information content (AvgIpc) is 3.11. The van der Waals surface area contributed by atoms with Crippen molar-refractivity contribution in [2.24, 2.45) is 0 Å². The van der Waals surface area contributed by atoms with Crippen LogP contribution in [0.3, 0.4) is 0 Å². The van der Waals surface area contributed by atoms with Crippen LogP contribution in [0, 0.1) is 11.6 Å². The van der Waals surface area contributed by atoms with Gasteiger partial charge in [0.15, 0.2) is 11.5 Å². The summed E-state index contributed by atoms with van der Waals surface area (Å²) >= 11 is 0.711. The Hall–Kier alpha value is -4.18. The molecule has 190 valence electrons. The molecule has 0 aromatic heterocycles. The Kier molecular flexibility index (Phi) is 8.19. The molecule has 0 aliphatic carbocycles. The molecule has 0 spiro atoms. The second kappa shape index (κ2) is 11.7. The maximum absolute atomic E-state index is 13.4. The number of nitrogens with zero attached hydrogens (tertiary/aromatic N) is 1. The molecule has 0 atom stereocenters. The molecule has 37 heavy (non-hydrogen) atoms. The Morgan fingerprint density at radius 3 is 2.46 bits per heavy atom. The van der Waals surface area contributed by atoms with E-state index >= 15 is 0 Å². The topological polar surface area (TPSA) is 84.9 Å². The maximum Gasteiger partial charge on any atom is 0.294 e. The Balaban J connectivity index is 1.45. The summed E-state index contributed by atoms with van der Waals surface area (Å²) in [6.45, 7) is 1.79. The largest absolute Gasteiger partial charge is 0.490 e. The molecule has 4 rings (SSSR count). The lowest BCUT2D eigenvalue weighted by atomic mass is 10.1. The van der Waals surface area contributed by atoms with Gasteiger partial charge >= 0.3 is 0 Å². The van der Waals surface area contributed by atoms with Crippen molar-refractivity contribution < 1.29 is 32.6 Å². The van der Waals surface area contributed by atoms with E-state index in [9.17, 15) is 23.2 Å². The normalized spacial score (nSPS) is 14.2. The first kappa shape index (κ1) is 25.9. The van der Waals surface area contributed by atoms with E-state index in [1.807, 2.05) is 6.92 Å². The van der Waals surface area contributed by atoms with Gasteiger partial charge in [-0.1, -0.05) is 24.3 Å². The Labute approximate surface area is 216 Å². The van der Waals surface area contributed by atoms with E-state index in [1.54, 1.807) is 30.3 Å². The SMILES string of the molecule is CCOc1cc(/C=C2/SC(=O)N(CC(=O)Nc3cccc(F)c3)C2=O)ccc1OCc1cccc(F)c1. The maximum atomic E-state index is 13.4. The third-order valence-electron chi connectivity index (χ3n) is 5.13. The summed E-state index contributed by atoms with van der Waals surface area (Å²) in [5, 5.41) is 1.87. The van der Waals surface area contributed by atoms with Crippen LogP contribution in [0.2, 0.25) is 0 Å². The smallest absolute Gasteiger partial charge is 0.294 e. The van der Waals surface area contributed by atoms with E-state index in [0.29, 0.717) is 41.0 Å². The van der Waals surface area contributed by atoms with Crippen molar-refractivity contribution in [3.63, 3.8) is 0 Å². The molecule has 3 aromatic rings. The number of rotatable bonds is 9. The molecule has 0 radical (unpaired) electrons. The predicted molar refractivity (Wildman–Crippen MR) is 136 cm³/mol. The number of carbonyl (C=O) groups is 3. The molecule has 3 aromatic carbocycles. The number of nitrogens with one attached hydrogen (secondary N) is 1. The summed E-state index contributed by atoms with van der Waals surface area (Å²) in [6.07, 6.45) is 1.52. The van der Waals surface area contributed by atoms with Crippen LogP contribution in [0.1, 0.15) is 18.1 Å². The quantitative estimate of drug-likeness (QED) is 0.366. The third-order valence-corrected chi connectivity index (χ3v) is 6.04. The molecule has 0 saturated carbocycles. The molecule has 0 unspecified atom stereocenters. The fourth-order valence-electron chi connectivity index (χ4n) is 3.49. The number of benzene rings is 3. The molecule has 1 heterocycles. The molecule has 1 aliphatic rings. The highest BCUT2D eigenvalue weighted by atomic mass is 32.2. The van der Waals surface area contributed by atoms with Gasteiger partial charge in [0.05, 0.1) is 11.5 Å². The summed E-state index contributed by atoms with van der Waals surface area (Å²) in [6, 6.07) is 16.4. The van der Waals surface area contributed by atoms with Gasteiger partial charge in [-0.2, -0.15) is 0 Å². The van der Waals surface area contributed by atoms with Crippen LogP contribution in [0.5, 0.6) is 11.5 Å². The van der Waals surface area contributed by atoms with E-state index in [0.717, 1.165) is 11.0 Å². The van der Waals surface area contributed by atoms with Gasteiger partial charge in [0.2, 0.25) is 5.91 Å². The van der Waals surface area contributed by atoms with Crippen molar-refractivity contribution in [2.75, 3.05) is 18.5 Å². The number of imide groups is 1. The van der Waals surface area contributed by atoms with Crippen LogP contribution in [0.15, 0.2) is 71.6 Å². The lowest BCUT2D eigenvalue weighted by Crippen LogP contribution is -2.36. The van der Waals surface area contributed by atoms with Gasteiger partial charge in [-0.25, -0.2) is 8.78 Å². The van der Waals surface area contributed by atoms with Crippen LogP contribution in [0.4, 0.5) is 19.3 Å². The molecular weight excluding hydrogens is 502 g/mol. The van der Waals surface area contributed by atoms with Crippen LogP contribution in [-0.2, 0) is 16.2 Å². The highest BCUT2D eigenvalue weighted by Crippen LogP contribution is 2.35. The summed E-state index contributed by atoms with van der Waals surface area (Å²) in [7, 11) is 0. The number of thioether (sulfide) groups is 1. The summed E-state index contributed by atoms with van der Waals surface area (Å²) in [5.41, 5.74) is 1.45. The van der Waals surface area contributed by atoms with Gasteiger partial charge in [-0.05, 0) is 78.4 Å². The zero-order chi connectivity index (χ0) is 26.4. The molecule has 1 saturated heterocycles. The minimum absolute atomic E-state index is 0.133. The molecule has 3 amide bonds. The zero-order valence-corrected chi connectivity index (χ0v) is 20.5. The Morgan fingerprint density at radius 1 is 0.973 bits per heavy atom. The van der Waals surface area contributed by atoms with Crippen molar-refractivity contribution >= 4 is 40.6 Å². The highest BCUT2D eigenvalue weighted by Gasteiger charge is 2.36. The van der Waals surface area contributed by atoms with Gasteiger partial charge in [0.25, 0.3) is 11.1 Å². The fraction of sp³-hybridized carbons (Fsp3) is 0.148. The Morgan fingerprint density at radius 2 is 1.73 bits per heavy atom. The minimum Gasteiger partial charge on any atom is -0.490 e.